The molecule has 0 spiro atoms. The summed E-state index contributed by atoms with van der Waals surface area (Å²) in [7, 11) is 0. The van der Waals surface area contributed by atoms with Gasteiger partial charge in [0.15, 0.2) is 0 Å². The van der Waals surface area contributed by atoms with Gasteiger partial charge in [-0.25, -0.2) is 14.8 Å². The topological polar surface area (TPSA) is 77.2 Å². The summed E-state index contributed by atoms with van der Waals surface area (Å²) in [4.78, 5) is 22.4. The van der Waals surface area contributed by atoms with Gasteiger partial charge >= 0.3 is 5.97 Å². The number of esters is 1. The van der Waals surface area contributed by atoms with Crippen molar-refractivity contribution in [3.8, 4) is 11.3 Å². The first-order valence-corrected chi connectivity index (χ1v) is 11.6. The number of hydrogen-bond acceptors (Lipinski definition) is 6. The molecule has 0 saturated carbocycles. The van der Waals surface area contributed by atoms with Gasteiger partial charge in [-0.05, 0) is 24.6 Å². The Labute approximate surface area is 200 Å². The van der Waals surface area contributed by atoms with E-state index in [1.54, 1.807) is 13.1 Å². The average molecular weight is 456 g/mol. The van der Waals surface area contributed by atoms with Gasteiger partial charge in [0.1, 0.15) is 23.4 Å². The Hall–Kier alpha value is -3.93. The molecule has 6 heteroatoms. The first-order chi connectivity index (χ1) is 16.7. The van der Waals surface area contributed by atoms with Crippen LogP contribution in [0.2, 0.25) is 0 Å². The average Bonchev–Trinajstić information content (AvgIpc) is 3.33. The van der Waals surface area contributed by atoms with Gasteiger partial charge in [-0.15, -0.1) is 0 Å². The number of carbonyl (C=O) groups is 1. The van der Waals surface area contributed by atoms with E-state index < -0.39 is 6.04 Å². The van der Waals surface area contributed by atoms with E-state index in [0.29, 0.717) is 25.3 Å². The second-order valence-electron chi connectivity index (χ2n) is 7.95. The second kappa shape index (κ2) is 11.3. The molecular formula is C28H29N3O3. The number of carbonyl (C=O) groups excluding carboxylic acids is 1. The minimum absolute atomic E-state index is 0.297. The Kier molecular flexibility index (Phi) is 7.71. The number of aryl methyl sites for hydroxylation is 1. The number of nitrogens with one attached hydrogen (secondary N) is 1. The molecule has 0 fully saturated rings. The zero-order chi connectivity index (χ0) is 23.8. The van der Waals surface area contributed by atoms with Crippen LogP contribution in [0.25, 0.3) is 11.3 Å². The van der Waals surface area contributed by atoms with Crippen LogP contribution >= 0.6 is 0 Å². The molecule has 0 amide bonds. The molecule has 2 heterocycles. The lowest BCUT2D eigenvalue weighted by molar-refractivity contribution is -0.144. The molecule has 0 aliphatic rings. The van der Waals surface area contributed by atoms with Gasteiger partial charge in [-0.1, -0.05) is 67.6 Å². The molecule has 2 aromatic heterocycles. The van der Waals surface area contributed by atoms with Crippen molar-refractivity contribution < 1.29 is 13.9 Å². The molecule has 1 N–H and O–H groups in total. The van der Waals surface area contributed by atoms with Crippen LogP contribution in [0.4, 0.5) is 5.82 Å². The summed E-state index contributed by atoms with van der Waals surface area (Å²) in [5.41, 5.74) is 3.63. The van der Waals surface area contributed by atoms with Crippen LogP contribution in [0, 0.1) is 0 Å². The van der Waals surface area contributed by atoms with Gasteiger partial charge in [0.2, 0.25) is 0 Å². The van der Waals surface area contributed by atoms with Crippen molar-refractivity contribution in [3.05, 3.63) is 102 Å². The fourth-order valence-electron chi connectivity index (χ4n) is 3.73. The van der Waals surface area contributed by atoms with Crippen LogP contribution in [-0.4, -0.2) is 28.6 Å². The van der Waals surface area contributed by atoms with Crippen LogP contribution in [-0.2, 0) is 28.8 Å². The molecule has 0 aliphatic carbocycles. The highest BCUT2D eigenvalue weighted by Gasteiger charge is 2.24. The lowest BCUT2D eigenvalue weighted by Gasteiger charge is -2.19. The number of hydrogen-bond donors (Lipinski definition) is 1. The van der Waals surface area contributed by atoms with Gasteiger partial charge in [0.25, 0.3) is 0 Å². The fraction of sp³-hybridized carbons (Fsp3) is 0.250. The van der Waals surface area contributed by atoms with Crippen molar-refractivity contribution in [3.63, 3.8) is 0 Å². The monoisotopic (exact) mass is 455 g/mol. The van der Waals surface area contributed by atoms with Gasteiger partial charge in [0.05, 0.1) is 24.2 Å². The summed E-state index contributed by atoms with van der Waals surface area (Å²) in [6, 6.07) is 23.2. The Balaban J connectivity index is 1.66. The van der Waals surface area contributed by atoms with Crippen molar-refractivity contribution in [2.24, 2.45) is 0 Å². The third-order valence-electron chi connectivity index (χ3n) is 5.48. The molecule has 34 heavy (non-hydrogen) atoms. The first-order valence-electron chi connectivity index (χ1n) is 11.6. The molecule has 4 aromatic rings. The summed E-state index contributed by atoms with van der Waals surface area (Å²) < 4.78 is 11.2. The van der Waals surface area contributed by atoms with E-state index in [1.165, 1.54) is 0 Å². The van der Waals surface area contributed by atoms with Crippen molar-refractivity contribution in [2.75, 3.05) is 11.9 Å². The van der Waals surface area contributed by atoms with Crippen molar-refractivity contribution in [1.29, 1.82) is 0 Å². The molecule has 0 aliphatic heterocycles. The molecule has 174 valence electrons. The lowest BCUT2D eigenvalue weighted by Crippen LogP contribution is -2.34. The number of anilines is 1. The van der Waals surface area contributed by atoms with Crippen molar-refractivity contribution >= 4 is 11.8 Å². The van der Waals surface area contributed by atoms with Crippen LogP contribution < -0.4 is 5.32 Å². The first kappa shape index (κ1) is 23.2. The van der Waals surface area contributed by atoms with E-state index in [0.717, 1.165) is 40.5 Å². The van der Waals surface area contributed by atoms with Gasteiger partial charge < -0.3 is 14.5 Å². The predicted octanol–water partition coefficient (Wildman–Crippen LogP) is 5.48. The molecule has 0 saturated heterocycles. The van der Waals surface area contributed by atoms with Gasteiger partial charge in [-0.2, -0.15) is 0 Å². The number of rotatable bonds is 10. The summed E-state index contributed by atoms with van der Waals surface area (Å²) in [6.45, 7) is 4.13. The summed E-state index contributed by atoms with van der Waals surface area (Å²) in [6.07, 6.45) is 3.46. The third kappa shape index (κ3) is 5.90. The van der Waals surface area contributed by atoms with Crippen molar-refractivity contribution in [1.82, 2.24) is 9.97 Å². The van der Waals surface area contributed by atoms with Crippen LogP contribution in [0.5, 0.6) is 0 Å². The Bertz CT molecular complexity index is 1210. The quantitative estimate of drug-likeness (QED) is 0.319. The molecule has 2 aromatic carbocycles. The van der Waals surface area contributed by atoms with Crippen LogP contribution in [0.15, 0.2) is 83.4 Å². The van der Waals surface area contributed by atoms with E-state index in [1.807, 2.05) is 67.6 Å². The number of nitrogens with zero attached hydrogens (tertiary/aromatic N) is 2. The summed E-state index contributed by atoms with van der Waals surface area (Å²) in [5.74, 6) is 1.82. The highest BCUT2D eigenvalue weighted by Crippen LogP contribution is 2.23. The van der Waals surface area contributed by atoms with Gasteiger partial charge in [0, 0.05) is 24.8 Å². The van der Waals surface area contributed by atoms with E-state index >= 15 is 0 Å². The number of benzene rings is 2. The maximum absolute atomic E-state index is 12.8. The normalized spacial score (nSPS) is 11.7. The highest BCUT2D eigenvalue weighted by atomic mass is 16.5. The summed E-state index contributed by atoms with van der Waals surface area (Å²) in [5, 5.41) is 3.30. The Morgan fingerprint density at radius 3 is 2.35 bits per heavy atom. The van der Waals surface area contributed by atoms with Crippen LogP contribution in [0.3, 0.4) is 0 Å². The van der Waals surface area contributed by atoms with Gasteiger partial charge in [-0.3, -0.25) is 0 Å². The minimum atomic E-state index is -0.651. The Morgan fingerprint density at radius 1 is 0.971 bits per heavy atom. The van der Waals surface area contributed by atoms with Crippen LogP contribution in [0.1, 0.15) is 36.6 Å². The summed E-state index contributed by atoms with van der Waals surface area (Å²) >= 11 is 0. The highest BCUT2D eigenvalue weighted by molar-refractivity contribution is 5.79. The Morgan fingerprint density at radius 2 is 1.68 bits per heavy atom. The zero-order valence-corrected chi connectivity index (χ0v) is 19.5. The third-order valence-corrected chi connectivity index (χ3v) is 5.48. The smallest absolute Gasteiger partial charge is 0.329 e. The lowest BCUT2D eigenvalue weighted by atomic mass is 10.1. The molecular weight excluding hydrogens is 426 g/mol. The largest absolute Gasteiger partial charge is 0.466 e. The number of aromatic nitrogens is 2. The maximum Gasteiger partial charge on any atom is 0.329 e. The van der Waals surface area contributed by atoms with E-state index in [-0.39, 0.29) is 5.97 Å². The molecule has 1 atom stereocenters. The standard InChI is InChI=1S/C28H29N3O3/c1-3-22-15-16-23(34-22)18-25(28(32)33-4-2)31-27-24(17-20-11-7-5-8-12-20)30-26(19-29-27)21-13-9-6-10-14-21/h5-16,19,25H,3-4,17-18H2,1-2H3,(H,29,31). The van der Waals surface area contributed by atoms with Crippen molar-refractivity contribution in [2.45, 2.75) is 39.2 Å². The second-order valence-corrected chi connectivity index (χ2v) is 7.95. The van der Waals surface area contributed by atoms with E-state index in [4.69, 9.17) is 14.1 Å². The molecule has 1 unspecified atom stereocenters. The predicted molar refractivity (Wildman–Crippen MR) is 133 cm³/mol. The molecule has 0 bridgehead atoms. The van der Waals surface area contributed by atoms with E-state index in [9.17, 15) is 4.79 Å². The molecule has 6 nitrogen and oxygen atoms in total. The van der Waals surface area contributed by atoms with E-state index in [2.05, 4.69) is 22.4 Å². The number of furan rings is 1. The maximum atomic E-state index is 12.8. The molecule has 4 rings (SSSR count). The SMILES string of the molecule is CCOC(=O)C(Cc1ccc(CC)o1)Nc1ncc(-c2ccccc2)nc1Cc1ccccc1. The minimum Gasteiger partial charge on any atom is -0.466 e. The molecule has 0 radical (unpaired) electrons. The number of ether oxygens (including phenoxy) is 1. The zero-order valence-electron chi connectivity index (χ0n) is 19.5. The fourth-order valence-corrected chi connectivity index (χ4v) is 3.73.